The van der Waals surface area contributed by atoms with Crippen LogP contribution in [0.25, 0.3) is 0 Å². The highest BCUT2D eigenvalue weighted by Gasteiger charge is 2.02. The van der Waals surface area contributed by atoms with Gasteiger partial charge < -0.3 is 10.6 Å². The van der Waals surface area contributed by atoms with Crippen LogP contribution in [0.2, 0.25) is 5.02 Å². The molecule has 0 fully saturated rings. The zero-order chi connectivity index (χ0) is 15.1. The monoisotopic (exact) mass is 301 g/mol. The summed E-state index contributed by atoms with van der Waals surface area (Å²) in [5, 5.41) is 7.35. The summed E-state index contributed by atoms with van der Waals surface area (Å²) in [6.45, 7) is 3.50. The molecule has 0 aliphatic rings. The Hall–Kier alpha value is -2.00. The van der Waals surface area contributed by atoms with E-state index in [4.69, 9.17) is 11.6 Å². The van der Waals surface area contributed by atoms with Crippen LogP contribution in [0.1, 0.15) is 16.7 Å². The minimum absolute atomic E-state index is 0.646. The maximum Gasteiger partial charge on any atom is 0.191 e. The summed E-state index contributed by atoms with van der Waals surface area (Å²) in [7, 11) is 1.76. The van der Waals surface area contributed by atoms with Gasteiger partial charge in [0.1, 0.15) is 0 Å². The number of guanidine groups is 1. The Bertz CT molecular complexity index is 571. The Balaban J connectivity index is 1.90. The first-order valence-electron chi connectivity index (χ1n) is 6.93. The molecule has 21 heavy (non-hydrogen) atoms. The van der Waals surface area contributed by atoms with Gasteiger partial charge in [0.15, 0.2) is 5.96 Å². The van der Waals surface area contributed by atoms with E-state index >= 15 is 0 Å². The summed E-state index contributed by atoms with van der Waals surface area (Å²) in [5.41, 5.74) is 3.59. The number of aryl methyl sites for hydroxylation is 1. The number of benzene rings is 2. The van der Waals surface area contributed by atoms with Crippen LogP contribution in [-0.2, 0) is 13.1 Å². The number of nitrogens with zero attached hydrogens (tertiary/aromatic N) is 1. The summed E-state index contributed by atoms with van der Waals surface area (Å²) < 4.78 is 0. The minimum Gasteiger partial charge on any atom is -0.352 e. The van der Waals surface area contributed by atoms with E-state index in [1.165, 1.54) is 11.1 Å². The van der Waals surface area contributed by atoms with Crippen molar-refractivity contribution < 1.29 is 0 Å². The van der Waals surface area contributed by atoms with Gasteiger partial charge in [-0.3, -0.25) is 4.99 Å². The predicted molar refractivity (Wildman–Crippen MR) is 89.7 cm³/mol. The van der Waals surface area contributed by atoms with Crippen molar-refractivity contribution >= 4 is 17.6 Å². The topological polar surface area (TPSA) is 36.4 Å². The lowest BCUT2D eigenvalue weighted by Crippen LogP contribution is -2.36. The van der Waals surface area contributed by atoms with Crippen LogP contribution < -0.4 is 10.6 Å². The third-order valence-electron chi connectivity index (χ3n) is 3.34. The van der Waals surface area contributed by atoms with Gasteiger partial charge in [-0.25, -0.2) is 0 Å². The molecule has 0 bridgehead atoms. The van der Waals surface area contributed by atoms with E-state index in [2.05, 4.69) is 34.7 Å². The van der Waals surface area contributed by atoms with Gasteiger partial charge in [0.2, 0.25) is 0 Å². The lowest BCUT2D eigenvalue weighted by molar-refractivity contribution is 0.806. The summed E-state index contributed by atoms with van der Waals surface area (Å²) in [5.74, 6) is 0.762. The molecule has 0 saturated carbocycles. The highest BCUT2D eigenvalue weighted by Crippen LogP contribution is 2.14. The first-order valence-corrected chi connectivity index (χ1v) is 7.31. The maximum absolute atomic E-state index is 6.14. The highest BCUT2D eigenvalue weighted by atomic mass is 35.5. The van der Waals surface area contributed by atoms with E-state index in [1.54, 1.807) is 7.05 Å². The molecule has 110 valence electrons. The van der Waals surface area contributed by atoms with Crippen LogP contribution in [0.3, 0.4) is 0 Å². The van der Waals surface area contributed by atoms with Crippen LogP contribution >= 0.6 is 11.6 Å². The third-order valence-corrected chi connectivity index (χ3v) is 3.70. The predicted octanol–water partition coefficient (Wildman–Crippen LogP) is 3.51. The molecule has 2 N–H and O–H groups in total. The second kappa shape index (κ2) is 7.70. The normalized spacial score (nSPS) is 11.3. The molecule has 0 aliphatic heterocycles. The third kappa shape index (κ3) is 4.50. The fraction of sp³-hybridized carbons (Fsp3) is 0.235. The number of rotatable bonds is 4. The lowest BCUT2D eigenvalue weighted by atomic mass is 10.1. The summed E-state index contributed by atoms with van der Waals surface area (Å²) >= 11 is 6.14. The van der Waals surface area contributed by atoms with Gasteiger partial charge >= 0.3 is 0 Å². The average molecular weight is 302 g/mol. The molecule has 3 nitrogen and oxygen atoms in total. The second-order valence-corrected chi connectivity index (χ2v) is 5.20. The van der Waals surface area contributed by atoms with Gasteiger partial charge in [0.25, 0.3) is 0 Å². The quantitative estimate of drug-likeness (QED) is 0.670. The zero-order valence-electron chi connectivity index (χ0n) is 12.4. The Morgan fingerprint density at radius 2 is 1.52 bits per heavy atom. The molecule has 0 unspecified atom stereocenters. The SMILES string of the molecule is CN=C(NCc1ccccc1C)NCc1ccccc1Cl. The fourth-order valence-electron chi connectivity index (χ4n) is 2.03. The molecular weight excluding hydrogens is 282 g/mol. The largest absolute Gasteiger partial charge is 0.352 e. The molecule has 0 aliphatic carbocycles. The maximum atomic E-state index is 6.14. The van der Waals surface area contributed by atoms with E-state index < -0.39 is 0 Å². The first kappa shape index (κ1) is 15.4. The van der Waals surface area contributed by atoms with Gasteiger partial charge in [-0.15, -0.1) is 0 Å². The first-order chi connectivity index (χ1) is 10.2. The van der Waals surface area contributed by atoms with Gasteiger partial charge in [0, 0.05) is 25.2 Å². The highest BCUT2D eigenvalue weighted by molar-refractivity contribution is 6.31. The molecule has 0 saturated heterocycles. The minimum atomic E-state index is 0.646. The average Bonchev–Trinajstić information content (AvgIpc) is 2.50. The summed E-state index contributed by atoms with van der Waals surface area (Å²) in [4.78, 5) is 4.23. The molecule has 0 aromatic heterocycles. The van der Waals surface area contributed by atoms with Gasteiger partial charge in [-0.1, -0.05) is 54.1 Å². The number of aliphatic imine (C=N–C) groups is 1. The van der Waals surface area contributed by atoms with Gasteiger partial charge in [0.05, 0.1) is 0 Å². The van der Waals surface area contributed by atoms with Crippen LogP contribution in [-0.4, -0.2) is 13.0 Å². The van der Waals surface area contributed by atoms with Crippen molar-refractivity contribution in [3.05, 3.63) is 70.2 Å². The van der Waals surface area contributed by atoms with Crippen molar-refractivity contribution in [3.8, 4) is 0 Å². The number of halogens is 1. The van der Waals surface area contributed by atoms with Crippen LogP contribution in [0.15, 0.2) is 53.5 Å². The van der Waals surface area contributed by atoms with Crippen LogP contribution in [0, 0.1) is 6.92 Å². The molecular formula is C17H20ClN3. The van der Waals surface area contributed by atoms with E-state index in [-0.39, 0.29) is 0 Å². The Morgan fingerprint density at radius 3 is 2.14 bits per heavy atom. The molecule has 0 heterocycles. The van der Waals surface area contributed by atoms with E-state index in [1.807, 2.05) is 36.4 Å². The van der Waals surface area contributed by atoms with Crippen molar-refractivity contribution in [2.75, 3.05) is 7.05 Å². The zero-order valence-corrected chi connectivity index (χ0v) is 13.1. The van der Waals surface area contributed by atoms with Crippen molar-refractivity contribution in [3.63, 3.8) is 0 Å². The molecule has 0 amide bonds. The molecule has 2 rings (SSSR count). The molecule has 4 heteroatoms. The lowest BCUT2D eigenvalue weighted by Gasteiger charge is -2.13. The van der Waals surface area contributed by atoms with Gasteiger partial charge in [-0.05, 0) is 29.7 Å². The van der Waals surface area contributed by atoms with Crippen molar-refractivity contribution in [1.29, 1.82) is 0 Å². The van der Waals surface area contributed by atoms with E-state index in [0.29, 0.717) is 6.54 Å². The fourth-order valence-corrected chi connectivity index (χ4v) is 2.23. The number of nitrogens with one attached hydrogen (secondary N) is 2. The van der Waals surface area contributed by atoms with Gasteiger partial charge in [-0.2, -0.15) is 0 Å². The van der Waals surface area contributed by atoms with E-state index in [9.17, 15) is 0 Å². The second-order valence-electron chi connectivity index (χ2n) is 4.80. The van der Waals surface area contributed by atoms with Crippen molar-refractivity contribution in [2.24, 2.45) is 4.99 Å². The molecule has 2 aromatic carbocycles. The Morgan fingerprint density at radius 1 is 0.952 bits per heavy atom. The molecule has 2 aromatic rings. The Kier molecular flexibility index (Phi) is 5.64. The molecule has 0 radical (unpaired) electrons. The number of hydrogen-bond donors (Lipinski definition) is 2. The summed E-state index contributed by atoms with van der Waals surface area (Å²) in [6, 6.07) is 16.1. The number of hydrogen-bond acceptors (Lipinski definition) is 1. The smallest absolute Gasteiger partial charge is 0.191 e. The molecule has 0 spiro atoms. The Labute approximate surface area is 131 Å². The van der Waals surface area contributed by atoms with E-state index in [0.717, 1.165) is 23.1 Å². The molecule has 0 atom stereocenters. The summed E-state index contributed by atoms with van der Waals surface area (Å²) in [6.07, 6.45) is 0. The van der Waals surface area contributed by atoms with Crippen LogP contribution in [0.4, 0.5) is 0 Å². The standard InChI is InChI=1S/C17H20ClN3/c1-13-7-3-4-8-14(13)11-20-17(19-2)21-12-15-9-5-6-10-16(15)18/h3-10H,11-12H2,1-2H3,(H2,19,20,21). The van der Waals surface area contributed by atoms with Crippen molar-refractivity contribution in [1.82, 2.24) is 10.6 Å². The van der Waals surface area contributed by atoms with Crippen molar-refractivity contribution in [2.45, 2.75) is 20.0 Å². The van der Waals surface area contributed by atoms with Crippen LogP contribution in [0.5, 0.6) is 0 Å².